The molecule has 27 heavy (non-hydrogen) atoms. The summed E-state index contributed by atoms with van der Waals surface area (Å²) in [4.78, 5) is 30.7. The van der Waals surface area contributed by atoms with Crippen LogP contribution in [0.2, 0.25) is 0 Å². The van der Waals surface area contributed by atoms with Crippen molar-refractivity contribution < 1.29 is 14.7 Å². The summed E-state index contributed by atoms with van der Waals surface area (Å²) < 4.78 is 0. The molecular weight excluding hydrogens is 360 g/mol. The van der Waals surface area contributed by atoms with Gasteiger partial charge in [-0.05, 0) is 67.4 Å². The van der Waals surface area contributed by atoms with E-state index in [1.807, 2.05) is 39.0 Å². The Morgan fingerprint density at radius 1 is 1.15 bits per heavy atom. The number of para-hydroxylation sites is 1. The van der Waals surface area contributed by atoms with Gasteiger partial charge in [-0.15, -0.1) is 0 Å². The number of carboxylic acids is 1. The molecule has 1 saturated heterocycles. The Balaban J connectivity index is 1.95. The molecule has 1 N–H and O–H groups in total. The van der Waals surface area contributed by atoms with Crippen LogP contribution in [0.15, 0.2) is 52.4 Å². The third-order valence-electron chi connectivity index (χ3n) is 4.31. The van der Waals surface area contributed by atoms with Gasteiger partial charge in [-0.2, -0.15) is 0 Å². The molecule has 1 amide bonds. The maximum Gasteiger partial charge on any atom is 0.335 e. The van der Waals surface area contributed by atoms with Crippen molar-refractivity contribution in [3.63, 3.8) is 0 Å². The minimum Gasteiger partial charge on any atom is -0.478 e. The zero-order valence-electron chi connectivity index (χ0n) is 15.4. The van der Waals surface area contributed by atoms with Crippen molar-refractivity contribution in [3.8, 4) is 0 Å². The smallest absolute Gasteiger partial charge is 0.335 e. The number of amides is 1. The highest BCUT2D eigenvalue weighted by Crippen LogP contribution is 2.35. The quantitative estimate of drug-likeness (QED) is 0.786. The second kappa shape index (κ2) is 7.80. The Morgan fingerprint density at radius 3 is 2.33 bits per heavy atom. The summed E-state index contributed by atoms with van der Waals surface area (Å²) in [7, 11) is 0. The van der Waals surface area contributed by atoms with Gasteiger partial charge in [-0.3, -0.25) is 9.69 Å². The molecule has 0 radical (unpaired) electrons. The van der Waals surface area contributed by atoms with Crippen molar-refractivity contribution in [1.29, 1.82) is 0 Å². The lowest BCUT2D eigenvalue weighted by atomic mass is 10.1. The number of aliphatic imine (C=N–C) groups is 1. The lowest BCUT2D eigenvalue weighted by Gasteiger charge is -2.13. The molecule has 1 aliphatic rings. The van der Waals surface area contributed by atoms with Crippen molar-refractivity contribution in [2.45, 2.75) is 20.8 Å². The van der Waals surface area contributed by atoms with E-state index in [2.05, 4.69) is 0 Å². The zero-order chi connectivity index (χ0) is 19.6. The summed E-state index contributed by atoms with van der Waals surface area (Å²) in [6, 6.07) is 12.5. The van der Waals surface area contributed by atoms with Crippen molar-refractivity contribution in [2.75, 3.05) is 6.54 Å². The van der Waals surface area contributed by atoms with Crippen LogP contribution in [0.3, 0.4) is 0 Å². The summed E-state index contributed by atoms with van der Waals surface area (Å²) in [6.07, 6.45) is 1.77. The summed E-state index contributed by atoms with van der Waals surface area (Å²) in [5.41, 5.74) is 4.01. The van der Waals surface area contributed by atoms with E-state index in [1.54, 1.807) is 23.1 Å². The summed E-state index contributed by atoms with van der Waals surface area (Å²) in [6.45, 7) is 6.46. The first-order valence-electron chi connectivity index (χ1n) is 8.60. The highest BCUT2D eigenvalue weighted by molar-refractivity contribution is 8.18. The molecule has 2 aromatic rings. The Morgan fingerprint density at radius 2 is 1.78 bits per heavy atom. The maximum atomic E-state index is 12.7. The third-order valence-corrected chi connectivity index (χ3v) is 5.31. The zero-order valence-corrected chi connectivity index (χ0v) is 16.2. The van der Waals surface area contributed by atoms with E-state index < -0.39 is 5.97 Å². The maximum absolute atomic E-state index is 12.7. The van der Waals surface area contributed by atoms with Crippen molar-refractivity contribution in [2.24, 2.45) is 4.99 Å². The van der Waals surface area contributed by atoms with E-state index in [0.29, 0.717) is 16.6 Å². The number of thioether (sulfide) groups is 1. The molecule has 0 saturated carbocycles. The number of likely N-dealkylation sites (N-methyl/N-ethyl adjacent to an activating group) is 1. The number of carbonyl (C=O) groups excluding carboxylic acids is 1. The monoisotopic (exact) mass is 380 g/mol. The SMILES string of the molecule is CCN1C(=O)C(=Cc2ccc(C(=O)O)cc2)SC1=Nc1c(C)cccc1C. The van der Waals surface area contributed by atoms with E-state index in [4.69, 9.17) is 10.1 Å². The Labute approximate surface area is 162 Å². The standard InChI is InChI=1S/C21H20N2O3S/c1-4-23-19(24)17(12-15-8-10-16(11-9-15)20(25)26)27-21(23)22-18-13(2)6-5-7-14(18)3/h5-12H,4H2,1-3H3,(H,25,26). The topological polar surface area (TPSA) is 70.0 Å². The molecule has 0 bridgehead atoms. The van der Waals surface area contributed by atoms with Gasteiger partial charge in [0, 0.05) is 6.54 Å². The molecule has 0 spiro atoms. The fourth-order valence-electron chi connectivity index (χ4n) is 2.82. The Bertz CT molecular complexity index is 942. The number of nitrogens with zero attached hydrogens (tertiary/aromatic N) is 2. The van der Waals surface area contributed by atoms with E-state index in [0.717, 1.165) is 22.4 Å². The molecule has 138 valence electrons. The number of aromatic carboxylic acids is 1. The summed E-state index contributed by atoms with van der Waals surface area (Å²) in [5, 5.41) is 9.65. The lowest BCUT2D eigenvalue weighted by molar-refractivity contribution is -0.122. The van der Waals surface area contributed by atoms with E-state index in [9.17, 15) is 9.59 Å². The number of carbonyl (C=O) groups is 2. The fourth-order valence-corrected chi connectivity index (χ4v) is 3.87. The van der Waals surface area contributed by atoms with Crippen LogP contribution in [-0.4, -0.2) is 33.6 Å². The number of aryl methyl sites for hydroxylation is 2. The molecule has 5 nitrogen and oxygen atoms in total. The molecule has 1 aliphatic heterocycles. The number of hydrogen-bond donors (Lipinski definition) is 1. The van der Waals surface area contributed by atoms with Crippen LogP contribution in [0.4, 0.5) is 5.69 Å². The van der Waals surface area contributed by atoms with Gasteiger partial charge in [0.1, 0.15) is 0 Å². The molecular formula is C21H20N2O3S. The fraction of sp³-hybridized carbons (Fsp3) is 0.190. The molecule has 0 unspecified atom stereocenters. The lowest BCUT2D eigenvalue weighted by Crippen LogP contribution is -2.28. The Kier molecular flexibility index (Phi) is 5.46. The van der Waals surface area contributed by atoms with Crippen molar-refractivity contribution in [3.05, 3.63) is 69.6 Å². The number of amidine groups is 1. The normalized spacial score (nSPS) is 17.1. The number of benzene rings is 2. The molecule has 1 fully saturated rings. The number of rotatable bonds is 4. The predicted octanol–water partition coefficient (Wildman–Crippen LogP) is 4.63. The third kappa shape index (κ3) is 3.95. The minimum absolute atomic E-state index is 0.0881. The van der Waals surface area contributed by atoms with Gasteiger partial charge in [-0.25, -0.2) is 9.79 Å². The van der Waals surface area contributed by atoms with Gasteiger partial charge >= 0.3 is 5.97 Å². The van der Waals surface area contributed by atoms with Gasteiger partial charge in [0.25, 0.3) is 5.91 Å². The largest absolute Gasteiger partial charge is 0.478 e. The molecule has 3 rings (SSSR count). The van der Waals surface area contributed by atoms with Crippen LogP contribution in [-0.2, 0) is 4.79 Å². The first-order chi connectivity index (χ1) is 12.9. The average molecular weight is 380 g/mol. The van der Waals surface area contributed by atoms with Crippen LogP contribution in [0.25, 0.3) is 6.08 Å². The molecule has 0 aliphatic carbocycles. The average Bonchev–Trinajstić information content (AvgIpc) is 2.93. The van der Waals surface area contributed by atoms with Crippen LogP contribution >= 0.6 is 11.8 Å². The molecule has 6 heteroatoms. The van der Waals surface area contributed by atoms with Crippen LogP contribution < -0.4 is 0 Å². The van der Waals surface area contributed by atoms with Crippen LogP contribution in [0, 0.1) is 13.8 Å². The van der Waals surface area contributed by atoms with Crippen molar-refractivity contribution in [1.82, 2.24) is 4.90 Å². The summed E-state index contributed by atoms with van der Waals surface area (Å²) in [5.74, 6) is -1.06. The first kappa shape index (κ1) is 18.9. The second-order valence-electron chi connectivity index (χ2n) is 6.22. The highest BCUT2D eigenvalue weighted by atomic mass is 32.2. The first-order valence-corrected chi connectivity index (χ1v) is 9.42. The van der Waals surface area contributed by atoms with Gasteiger partial charge < -0.3 is 5.11 Å². The number of hydrogen-bond acceptors (Lipinski definition) is 4. The molecule has 0 aromatic heterocycles. The van der Waals surface area contributed by atoms with Gasteiger partial charge in [0.2, 0.25) is 0 Å². The van der Waals surface area contributed by atoms with E-state index in [-0.39, 0.29) is 11.5 Å². The molecule has 1 heterocycles. The second-order valence-corrected chi connectivity index (χ2v) is 7.23. The Hall–Kier alpha value is -2.86. The number of carboxylic acid groups (broad SMARTS) is 1. The van der Waals surface area contributed by atoms with E-state index in [1.165, 1.54) is 23.9 Å². The molecule has 2 aromatic carbocycles. The summed E-state index contributed by atoms with van der Waals surface area (Å²) >= 11 is 1.34. The predicted molar refractivity (Wildman–Crippen MR) is 109 cm³/mol. The van der Waals surface area contributed by atoms with Crippen molar-refractivity contribution >= 4 is 40.6 Å². The van der Waals surface area contributed by atoms with Gasteiger partial charge in [0.15, 0.2) is 5.17 Å². The minimum atomic E-state index is -0.972. The van der Waals surface area contributed by atoms with Crippen LogP contribution in [0.5, 0.6) is 0 Å². The van der Waals surface area contributed by atoms with Gasteiger partial charge in [0.05, 0.1) is 16.2 Å². The van der Waals surface area contributed by atoms with Gasteiger partial charge in [-0.1, -0.05) is 30.3 Å². The van der Waals surface area contributed by atoms with E-state index >= 15 is 0 Å². The van der Waals surface area contributed by atoms with Crippen LogP contribution in [0.1, 0.15) is 34.0 Å². The molecule has 0 atom stereocenters. The highest BCUT2D eigenvalue weighted by Gasteiger charge is 2.32.